The second-order valence-corrected chi connectivity index (χ2v) is 37.2. The van der Waals surface area contributed by atoms with Gasteiger partial charge in [-0.25, -0.2) is 29.6 Å². The van der Waals surface area contributed by atoms with Crippen LogP contribution in [0.2, 0.25) is 0 Å². The maximum absolute atomic E-state index is 14.8. The third-order valence-electron chi connectivity index (χ3n) is 18.5. The molecule has 0 bridgehead atoms. The van der Waals surface area contributed by atoms with Gasteiger partial charge in [0.1, 0.15) is 32.9 Å². The molecule has 3 aliphatic heterocycles. The lowest BCUT2D eigenvalue weighted by Gasteiger charge is -2.31. The molecule has 4 unspecified atom stereocenters. The lowest BCUT2D eigenvalue weighted by molar-refractivity contribution is 0.302. The van der Waals surface area contributed by atoms with Crippen molar-refractivity contribution >= 4 is 95.5 Å². The van der Waals surface area contributed by atoms with Crippen LogP contribution in [0.15, 0.2) is 231 Å². The average molecular weight is 1590 g/mol. The van der Waals surface area contributed by atoms with Gasteiger partial charge < -0.3 is 23.2 Å². The highest BCUT2D eigenvalue weighted by Gasteiger charge is 2.31. The minimum atomic E-state index is -4.67. The monoisotopic (exact) mass is 1590 g/mol. The summed E-state index contributed by atoms with van der Waals surface area (Å²) in [6.45, 7) is 12.6. The second-order valence-electron chi connectivity index (χ2n) is 26.5. The van der Waals surface area contributed by atoms with E-state index in [-0.39, 0.29) is 71.8 Å². The number of methoxy groups -OCH3 is 2. The fraction of sp³-hybridized carbons (Fsp3) is 0.316. The predicted octanol–water partition coefficient (Wildman–Crippen LogP) is 16.7. The van der Waals surface area contributed by atoms with Gasteiger partial charge in [0, 0.05) is 67.3 Å². The van der Waals surface area contributed by atoms with Crippen molar-refractivity contribution in [1.29, 1.82) is 0 Å². The van der Waals surface area contributed by atoms with Gasteiger partial charge in [0.2, 0.25) is 29.8 Å². The van der Waals surface area contributed by atoms with Crippen LogP contribution in [0.4, 0.5) is 30.5 Å². The highest BCUT2D eigenvalue weighted by Crippen LogP contribution is 2.38. The summed E-state index contributed by atoms with van der Waals surface area (Å²) in [7, 11) is -19.5. The van der Waals surface area contributed by atoms with Gasteiger partial charge in [-0.15, -0.1) is 57.7 Å². The summed E-state index contributed by atoms with van der Waals surface area (Å²) in [6, 6.07) is 51.1. The van der Waals surface area contributed by atoms with Crippen LogP contribution in [0.5, 0.6) is 23.0 Å². The normalized spacial score (nSPS) is 17.1. The lowest BCUT2D eigenvalue weighted by atomic mass is 9.78. The zero-order chi connectivity index (χ0) is 76.7. The lowest BCUT2D eigenvalue weighted by Crippen LogP contribution is -2.40. The number of nitrogens with one attached hydrogen (secondary N) is 1. The molecule has 4 atom stereocenters. The predicted molar refractivity (Wildman–Crippen MR) is 424 cm³/mol. The van der Waals surface area contributed by atoms with Crippen molar-refractivity contribution in [3.8, 4) is 60.0 Å². The van der Waals surface area contributed by atoms with Crippen LogP contribution in [0, 0.1) is 54.8 Å². The van der Waals surface area contributed by atoms with Crippen molar-refractivity contribution in [2.45, 2.75) is 96.6 Å². The van der Waals surface area contributed by atoms with Gasteiger partial charge in [0.15, 0.2) is 0 Å². The van der Waals surface area contributed by atoms with E-state index in [0.29, 0.717) is 62.1 Å². The van der Waals surface area contributed by atoms with Gasteiger partial charge in [0.25, 0.3) is 10.2 Å². The molecule has 3 saturated heterocycles. The van der Waals surface area contributed by atoms with Gasteiger partial charge in [-0.3, -0.25) is 0 Å². The van der Waals surface area contributed by atoms with Gasteiger partial charge in [-0.05, 0) is 219 Å². The topological polar surface area (TPSA) is 241 Å². The van der Waals surface area contributed by atoms with Crippen molar-refractivity contribution in [3.63, 3.8) is 0 Å². The first-order valence-corrected chi connectivity index (χ1v) is 43.4. The summed E-state index contributed by atoms with van der Waals surface area (Å²) in [5.41, 5.74) is 4.00. The molecule has 0 amide bonds. The third kappa shape index (κ3) is 22.3. The number of hydrogen-bond donors (Lipinski definition) is 1. The van der Waals surface area contributed by atoms with Crippen molar-refractivity contribution in [2.75, 3.05) is 66.0 Å². The number of nitrogens with zero attached hydrogens (tertiary/aromatic N) is 6. The van der Waals surface area contributed by atoms with Crippen LogP contribution in [0.3, 0.4) is 0 Å². The van der Waals surface area contributed by atoms with Crippen molar-refractivity contribution in [3.05, 3.63) is 216 Å². The fourth-order valence-corrected chi connectivity index (χ4v) is 18.9. The Morgan fingerprint density at radius 3 is 1.01 bits per heavy atom. The largest absolute Gasteiger partial charge is 0.497 e. The van der Waals surface area contributed by atoms with Crippen LogP contribution >= 0.6 is 12.4 Å². The van der Waals surface area contributed by atoms with Crippen LogP contribution in [0.1, 0.15) is 88.5 Å². The molecule has 0 radical (unpaired) electrons. The molecule has 19 nitrogen and oxygen atoms in total. The molecule has 568 valence electrons. The highest BCUT2D eigenvalue weighted by atomic mass is 35.5. The number of terminal acetylenes is 3. The molecule has 107 heavy (non-hydrogen) atoms. The first kappa shape index (κ1) is 84.0. The fourth-order valence-electron chi connectivity index (χ4n) is 11.9. The van der Waals surface area contributed by atoms with E-state index in [1.165, 1.54) is 97.1 Å². The maximum Gasteiger partial charge on any atom is 0.382 e. The number of benzene rings is 8. The van der Waals surface area contributed by atoms with E-state index in [1.807, 2.05) is 78.8 Å². The molecule has 3 aliphatic rings. The Morgan fingerprint density at radius 1 is 0.402 bits per heavy atom. The molecule has 0 spiro atoms. The van der Waals surface area contributed by atoms with Crippen LogP contribution < -0.4 is 23.2 Å². The Morgan fingerprint density at radius 2 is 0.692 bits per heavy atom. The molecule has 3 heterocycles. The molecule has 0 saturated carbocycles. The van der Waals surface area contributed by atoms with Crippen LogP contribution in [-0.4, -0.2) is 108 Å². The quantitative estimate of drug-likeness (QED) is 0.0552. The number of piperidine rings is 3. The first-order valence-electron chi connectivity index (χ1n) is 34.0. The minimum Gasteiger partial charge on any atom is -0.497 e. The summed E-state index contributed by atoms with van der Waals surface area (Å²) in [5, 5.41) is 3.25. The Hall–Kier alpha value is -8.63. The Labute approximate surface area is 638 Å². The number of ether oxygens (including phenoxy) is 2. The van der Waals surface area contributed by atoms with E-state index >= 15 is 0 Å². The Balaban J connectivity index is 0.000000249. The second kappa shape index (κ2) is 36.1. The number of hydrogen-bond acceptors (Lipinski definition) is 17. The van der Waals surface area contributed by atoms with Crippen molar-refractivity contribution in [1.82, 2.24) is 13.9 Å². The van der Waals surface area contributed by atoms with Crippen molar-refractivity contribution in [2.24, 2.45) is 35.2 Å². The van der Waals surface area contributed by atoms with E-state index in [9.17, 15) is 41.4 Å². The third-order valence-corrected chi connectivity index (χ3v) is 27.2. The molecule has 11 rings (SSSR count). The van der Waals surface area contributed by atoms with Gasteiger partial charge in [-0.1, -0.05) is 80.1 Å². The van der Waals surface area contributed by atoms with Crippen LogP contribution in [0.25, 0.3) is 0 Å². The highest BCUT2D eigenvalue weighted by molar-refractivity contribution is 7.92. The summed E-state index contributed by atoms with van der Waals surface area (Å²) in [4.78, 5) is -0.170. The van der Waals surface area contributed by atoms with Gasteiger partial charge >= 0.3 is 10.4 Å². The van der Waals surface area contributed by atoms with Crippen molar-refractivity contribution < 1.29 is 59.3 Å². The zero-order valence-electron chi connectivity index (χ0n) is 60.6. The van der Waals surface area contributed by atoms with Crippen LogP contribution in [-0.2, 0) is 71.1 Å². The standard InChI is InChI=1S/C43H48N4O6S3.C29H28F2N2O6S3.C7H11N.ClH/c1-7-33-25-29-46(30-26-33)54(6,48)44-37-13-21-41(22-14-37)55(49,50)42-23-15-38(16-24-42)45-56(51,47-31-27-34(8-2)28-32-47)53-40-19-11-36(12-20-40)43(3,4)35-9-17-39(52-5)18-10-35;1-29(2,21-5-13-25(38-3)14-6-21)22-7-15-26(16-8-22)39-42(31,37)33-24-11-19-28(20-12-24)41(35,36)27-17-9-23(10-18-27)32-40(4,30)34;1-2-7-3-5-8-6-4-7;/h1-2,9-24,33-34H,25-32H2,3-6H3;5-20H,1-4H3;1,7-8H,3-6H2;1H. The van der Waals surface area contributed by atoms with E-state index in [2.05, 4.69) is 54.4 Å². The summed E-state index contributed by atoms with van der Waals surface area (Å²) >= 11 is 0. The summed E-state index contributed by atoms with van der Waals surface area (Å²) in [5.74, 6) is 11.0. The van der Waals surface area contributed by atoms with E-state index in [1.54, 1.807) is 61.2 Å². The zero-order valence-corrected chi connectivity index (χ0v) is 66.3. The number of halogens is 3. The van der Waals surface area contributed by atoms with E-state index in [4.69, 9.17) is 37.1 Å². The molecular formula is C79H88ClF2N7O12S6. The van der Waals surface area contributed by atoms with Gasteiger partial charge in [0.05, 0.1) is 56.6 Å². The maximum atomic E-state index is 14.8. The smallest absolute Gasteiger partial charge is 0.382 e. The molecular weight excluding hydrogens is 1500 g/mol. The van der Waals surface area contributed by atoms with Gasteiger partial charge in [-0.2, -0.15) is 25.8 Å². The molecule has 1 N–H and O–H groups in total. The molecule has 8 aromatic rings. The number of rotatable bonds is 20. The average Bonchev–Trinajstić information content (AvgIpc) is 0.868. The summed E-state index contributed by atoms with van der Waals surface area (Å²) < 4.78 is 174. The Kier molecular flexibility index (Phi) is 28.3. The SMILES string of the molecule is C#CC1CCN(S(C)(=O)=Nc2ccc(S(=O)(=O)c3ccc(N=S(=O)(Oc4ccc(C(C)(C)c5ccc(OC)cc5)cc4)N4CCC(C#C)CC4)cc3)cc2)CC1.C#CC1CCNCC1.COc1ccc(C(C)(C)c2ccc(OS(=O)(F)=Nc3ccc(S(=O)(=O)c4ccc(N=S(C)(=O)F)cc4)cc3)cc2)cc1.Cl. The Bertz CT molecular complexity index is 5290. The summed E-state index contributed by atoms with van der Waals surface area (Å²) in [6.07, 6.45) is 24.0. The molecule has 28 heteroatoms. The van der Waals surface area contributed by atoms with E-state index < -0.39 is 60.3 Å². The molecule has 8 aromatic carbocycles. The molecule has 3 fully saturated rings. The van der Waals surface area contributed by atoms with E-state index in [0.717, 1.165) is 78.8 Å². The molecule has 0 aliphatic carbocycles. The minimum absolute atomic E-state index is 0. The number of sulfone groups is 2. The first-order chi connectivity index (χ1) is 50.2. The molecule has 0 aromatic heterocycles.